The van der Waals surface area contributed by atoms with Gasteiger partial charge >= 0.3 is 0 Å². The molecule has 3 heteroatoms. The van der Waals surface area contributed by atoms with Gasteiger partial charge < -0.3 is 15.8 Å². The van der Waals surface area contributed by atoms with Crippen molar-refractivity contribution in [3.63, 3.8) is 0 Å². The molecular weight excluding hydrogens is 188 g/mol. The van der Waals surface area contributed by atoms with E-state index < -0.39 is 0 Å². The molecule has 1 fully saturated rings. The predicted molar refractivity (Wildman–Crippen MR) is 63.9 cm³/mol. The van der Waals surface area contributed by atoms with Crippen LogP contribution < -0.4 is 11.1 Å². The second-order valence-electron chi connectivity index (χ2n) is 4.70. The van der Waals surface area contributed by atoms with Crippen molar-refractivity contribution in [2.45, 2.75) is 51.7 Å². The van der Waals surface area contributed by atoms with Gasteiger partial charge in [-0.25, -0.2) is 0 Å². The van der Waals surface area contributed by atoms with E-state index in [1.54, 1.807) is 0 Å². The minimum absolute atomic E-state index is 0.276. The van der Waals surface area contributed by atoms with Crippen LogP contribution in [-0.4, -0.2) is 31.8 Å². The fraction of sp³-hybridized carbons (Fsp3) is 1.00. The third-order valence-electron chi connectivity index (χ3n) is 3.40. The number of nitrogens with one attached hydrogen (secondary N) is 1. The zero-order chi connectivity index (χ0) is 11.1. The van der Waals surface area contributed by atoms with Gasteiger partial charge in [0.1, 0.15) is 0 Å². The Bertz CT molecular complexity index is 156. The van der Waals surface area contributed by atoms with Gasteiger partial charge in [-0.1, -0.05) is 20.3 Å². The Morgan fingerprint density at radius 3 is 2.87 bits per heavy atom. The molecule has 0 saturated carbocycles. The van der Waals surface area contributed by atoms with E-state index in [9.17, 15) is 0 Å². The summed E-state index contributed by atoms with van der Waals surface area (Å²) < 4.78 is 5.64. The zero-order valence-corrected chi connectivity index (χ0v) is 10.2. The molecule has 0 aromatic carbocycles. The summed E-state index contributed by atoms with van der Waals surface area (Å²) in [6.07, 6.45) is 5.31. The smallest absolute Gasteiger partial charge is 0.0699 e. The lowest BCUT2D eigenvalue weighted by molar-refractivity contribution is 0.0167. The van der Waals surface area contributed by atoms with E-state index in [4.69, 9.17) is 10.5 Å². The number of hydrogen-bond donors (Lipinski definition) is 2. The van der Waals surface area contributed by atoms with Crippen molar-refractivity contribution in [3.8, 4) is 0 Å². The molecule has 1 heterocycles. The first-order valence-electron chi connectivity index (χ1n) is 6.32. The van der Waals surface area contributed by atoms with Crippen LogP contribution in [0.4, 0.5) is 0 Å². The van der Waals surface area contributed by atoms with Crippen LogP contribution in [0, 0.1) is 5.92 Å². The number of hydrogen-bond acceptors (Lipinski definition) is 3. The van der Waals surface area contributed by atoms with Crippen molar-refractivity contribution >= 4 is 0 Å². The van der Waals surface area contributed by atoms with Crippen LogP contribution in [0.15, 0.2) is 0 Å². The van der Waals surface area contributed by atoms with Crippen molar-refractivity contribution in [1.29, 1.82) is 0 Å². The fourth-order valence-electron chi connectivity index (χ4n) is 1.88. The second-order valence-corrected chi connectivity index (χ2v) is 4.70. The minimum Gasteiger partial charge on any atom is -0.377 e. The summed E-state index contributed by atoms with van der Waals surface area (Å²) in [5.41, 5.74) is 6.04. The number of ether oxygens (including phenoxy) is 1. The molecule has 0 aromatic rings. The van der Waals surface area contributed by atoms with Crippen LogP contribution in [0.2, 0.25) is 0 Å². The lowest BCUT2D eigenvalue weighted by Gasteiger charge is -2.24. The molecule has 0 aromatic heterocycles. The minimum atomic E-state index is 0.276. The fourth-order valence-corrected chi connectivity index (χ4v) is 1.88. The number of nitrogens with two attached hydrogens (primary N) is 1. The Morgan fingerprint density at radius 1 is 1.47 bits per heavy atom. The molecule has 0 radical (unpaired) electrons. The van der Waals surface area contributed by atoms with Gasteiger partial charge in [-0.2, -0.15) is 0 Å². The van der Waals surface area contributed by atoms with E-state index in [1.807, 2.05) is 0 Å². The van der Waals surface area contributed by atoms with E-state index >= 15 is 0 Å². The van der Waals surface area contributed by atoms with Crippen LogP contribution in [0.5, 0.6) is 0 Å². The van der Waals surface area contributed by atoms with Crippen molar-refractivity contribution < 1.29 is 4.74 Å². The maximum Gasteiger partial charge on any atom is 0.0699 e. The highest BCUT2D eigenvalue weighted by Crippen LogP contribution is 2.11. The maximum atomic E-state index is 6.04. The maximum absolute atomic E-state index is 6.04. The molecule has 90 valence electrons. The highest BCUT2D eigenvalue weighted by Gasteiger charge is 2.14. The summed E-state index contributed by atoms with van der Waals surface area (Å²) in [5, 5.41) is 3.42. The largest absolute Gasteiger partial charge is 0.377 e. The molecule has 3 atom stereocenters. The third kappa shape index (κ3) is 4.96. The van der Waals surface area contributed by atoms with Crippen molar-refractivity contribution in [2.24, 2.45) is 11.7 Å². The van der Waals surface area contributed by atoms with Crippen molar-refractivity contribution in [1.82, 2.24) is 5.32 Å². The Kier molecular flexibility index (Phi) is 6.22. The predicted octanol–water partition coefficient (Wildman–Crippen LogP) is 1.52. The average molecular weight is 214 g/mol. The second kappa shape index (κ2) is 7.20. The van der Waals surface area contributed by atoms with Crippen LogP contribution in [0.1, 0.15) is 39.5 Å². The molecule has 1 rings (SSSR count). The van der Waals surface area contributed by atoms with Crippen molar-refractivity contribution in [2.75, 3.05) is 19.7 Å². The van der Waals surface area contributed by atoms with Gasteiger partial charge in [-0.15, -0.1) is 0 Å². The summed E-state index contributed by atoms with van der Waals surface area (Å²) in [5.74, 6) is 0.602. The van der Waals surface area contributed by atoms with E-state index in [1.165, 1.54) is 19.3 Å². The standard InChI is InChI=1S/C12H26N2O/c1-3-10(2)12(13)9-14-8-11-6-4-5-7-15-11/h10-12,14H,3-9,13H2,1-2H3. The molecular formula is C12H26N2O. The molecule has 1 aliphatic rings. The SMILES string of the molecule is CCC(C)C(N)CNCC1CCCCO1. The van der Waals surface area contributed by atoms with E-state index in [-0.39, 0.29) is 6.04 Å². The molecule has 15 heavy (non-hydrogen) atoms. The van der Waals surface area contributed by atoms with E-state index in [0.29, 0.717) is 12.0 Å². The lowest BCUT2D eigenvalue weighted by atomic mass is 10.00. The quantitative estimate of drug-likeness (QED) is 0.705. The molecule has 3 unspecified atom stereocenters. The van der Waals surface area contributed by atoms with E-state index in [0.717, 1.165) is 26.1 Å². The van der Waals surface area contributed by atoms with Crippen LogP contribution in [-0.2, 0) is 4.74 Å². The molecule has 0 spiro atoms. The normalized spacial score (nSPS) is 26.2. The summed E-state index contributed by atoms with van der Waals surface area (Å²) in [4.78, 5) is 0. The van der Waals surface area contributed by atoms with Gasteiger partial charge in [0.05, 0.1) is 6.10 Å². The third-order valence-corrected chi connectivity index (χ3v) is 3.40. The van der Waals surface area contributed by atoms with Crippen LogP contribution in [0.25, 0.3) is 0 Å². The first kappa shape index (κ1) is 12.9. The molecule has 3 N–H and O–H groups in total. The van der Waals surface area contributed by atoms with E-state index in [2.05, 4.69) is 19.2 Å². The summed E-state index contributed by atoms with van der Waals surface area (Å²) >= 11 is 0. The molecule has 0 bridgehead atoms. The Labute approximate surface area is 93.8 Å². The topological polar surface area (TPSA) is 47.3 Å². The lowest BCUT2D eigenvalue weighted by Crippen LogP contribution is -2.42. The number of rotatable bonds is 6. The first-order chi connectivity index (χ1) is 7.24. The molecule has 1 saturated heterocycles. The molecule has 0 amide bonds. The van der Waals surface area contributed by atoms with Crippen molar-refractivity contribution in [3.05, 3.63) is 0 Å². The van der Waals surface area contributed by atoms with Gasteiger partial charge in [-0.05, 0) is 25.2 Å². The summed E-state index contributed by atoms with van der Waals surface area (Å²) in [6, 6.07) is 0.276. The Balaban J connectivity index is 2.04. The summed E-state index contributed by atoms with van der Waals surface area (Å²) in [6.45, 7) is 7.21. The van der Waals surface area contributed by atoms with Gasteiger partial charge in [0.2, 0.25) is 0 Å². The van der Waals surface area contributed by atoms with Crippen LogP contribution >= 0.6 is 0 Å². The Hall–Kier alpha value is -0.120. The molecule has 1 aliphatic heterocycles. The zero-order valence-electron chi connectivity index (χ0n) is 10.2. The van der Waals surface area contributed by atoms with Crippen LogP contribution in [0.3, 0.4) is 0 Å². The Morgan fingerprint density at radius 2 is 2.27 bits per heavy atom. The monoisotopic (exact) mass is 214 g/mol. The highest BCUT2D eigenvalue weighted by atomic mass is 16.5. The van der Waals surface area contributed by atoms with Gasteiger partial charge in [0.15, 0.2) is 0 Å². The molecule has 0 aliphatic carbocycles. The molecule has 3 nitrogen and oxygen atoms in total. The highest BCUT2D eigenvalue weighted by molar-refractivity contribution is 4.73. The van der Waals surface area contributed by atoms with Gasteiger partial charge in [0.25, 0.3) is 0 Å². The first-order valence-corrected chi connectivity index (χ1v) is 6.32. The summed E-state index contributed by atoms with van der Waals surface area (Å²) in [7, 11) is 0. The van der Waals surface area contributed by atoms with Gasteiger partial charge in [0, 0.05) is 25.7 Å². The average Bonchev–Trinajstić information content (AvgIpc) is 2.29. The van der Waals surface area contributed by atoms with Gasteiger partial charge in [-0.3, -0.25) is 0 Å².